The monoisotopic (exact) mass is 101 g/mol. The molecule has 0 aromatic rings. The summed E-state index contributed by atoms with van der Waals surface area (Å²) in [7, 11) is 0. The molecule has 0 rings (SSSR count). The van der Waals surface area contributed by atoms with Gasteiger partial charge < -0.3 is 10.8 Å². The molecule has 0 aliphatic carbocycles. The van der Waals surface area contributed by atoms with Crippen molar-refractivity contribution in [3.05, 3.63) is 12.7 Å². The van der Waals surface area contributed by atoms with Crippen molar-refractivity contribution in [2.45, 2.75) is 12.5 Å². The summed E-state index contributed by atoms with van der Waals surface area (Å²) in [6, 6.07) is 0. The fraction of sp³-hybridized carbons (Fsp3) is 0.600. The van der Waals surface area contributed by atoms with Gasteiger partial charge in [-0.2, -0.15) is 0 Å². The number of aliphatic hydroxyl groups is 1. The SMILES string of the molecule is C=C[C@@](C)(O)CN. The van der Waals surface area contributed by atoms with E-state index in [9.17, 15) is 0 Å². The number of rotatable bonds is 2. The molecule has 1 atom stereocenters. The van der Waals surface area contributed by atoms with E-state index < -0.39 is 5.60 Å². The summed E-state index contributed by atoms with van der Waals surface area (Å²) in [5.41, 5.74) is 4.22. The normalized spacial score (nSPS) is 18.1. The molecule has 42 valence electrons. The van der Waals surface area contributed by atoms with Gasteiger partial charge in [0.25, 0.3) is 0 Å². The lowest BCUT2D eigenvalue weighted by molar-refractivity contribution is 0.121. The molecule has 2 nitrogen and oxygen atoms in total. The summed E-state index contributed by atoms with van der Waals surface area (Å²) in [5.74, 6) is 0. The molecule has 2 heteroatoms. The fourth-order valence-corrected chi connectivity index (χ4v) is 0.0833. The Hall–Kier alpha value is -0.340. The zero-order valence-corrected chi connectivity index (χ0v) is 4.52. The third-order valence-corrected chi connectivity index (χ3v) is 0.853. The highest BCUT2D eigenvalue weighted by Crippen LogP contribution is 1.98. The molecule has 0 spiro atoms. The van der Waals surface area contributed by atoms with E-state index in [2.05, 4.69) is 6.58 Å². The number of hydrogen-bond acceptors (Lipinski definition) is 2. The molecule has 0 saturated carbocycles. The highest BCUT2D eigenvalue weighted by atomic mass is 16.3. The first-order valence-electron chi connectivity index (χ1n) is 2.18. The van der Waals surface area contributed by atoms with E-state index in [0.29, 0.717) is 0 Å². The lowest BCUT2D eigenvalue weighted by atomic mass is 10.1. The maximum atomic E-state index is 8.89. The van der Waals surface area contributed by atoms with E-state index in [0.717, 1.165) is 0 Å². The molecule has 0 fully saturated rings. The predicted molar refractivity (Wildman–Crippen MR) is 29.9 cm³/mol. The van der Waals surface area contributed by atoms with E-state index in [-0.39, 0.29) is 6.54 Å². The first kappa shape index (κ1) is 6.66. The lowest BCUT2D eigenvalue weighted by Crippen LogP contribution is -2.31. The minimum atomic E-state index is -0.875. The first-order chi connectivity index (χ1) is 3.12. The summed E-state index contributed by atoms with van der Waals surface area (Å²) in [6.45, 7) is 5.22. The molecule has 0 aromatic heterocycles. The molecular formula is C5H11NO. The molecule has 7 heavy (non-hydrogen) atoms. The topological polar surface area (TPSA) is 46.2 Å². The van der Waals surface area contributed by atoms with E-state index in [1.54, 1.807) is 6.92 Å². The molecule has 0 unspecified atom stereocenters. The molecule has 0 aliphatic heterocycles. The molecular weight excluding hydrogens is 90.1 g/mol. The Balaban J connectivity index is 3.58. The van der Waals surface area contributed by atoms with Gasteiger partial charge in [-0.3, -0.25) is 0 Å². The van der Waals surface area contributed by atoms with Crippen molar-refractivity contribution in [1.29, 1.82) is 0 Å². The number of hydrogen-bond donors (Lipinski definition) is 2. The largest absolute Gasteiger partial charge is 0.385 e. The molecule has 3 N–H and O–H groups in total. The zero-order valence-electron chi connectivity index (χ0n) is 4.52. The molecule has 0 radical (unpaired) electrons. The van der Waals surface area contributed by atoms with Crippen LogP contribution in [0.25, 0.3) is 0 Å². The Labute approximate surface area is 43.6 Å². The quantitative estimate of drug-likeness (QED) is 0.476. The molecule has 0 aliphatic rings. The maximum Gasteiger partial charge on any atom is 0.0918 e. The van der Waals surface area contributed by atoms with Gasteiger partial charge in [-0.1, -0.05) is 6.08 Å². The van der Waals surface area contributed by atoms with Gasteiger partial charge in [0.2, 0.25) is 0 Å². The second-order valence-electron chi connectivity index (χ2n) is 1.77. The fourth-order valence-electron chi connectivity index (χ4n) is 0.0833. The van der Waals surface area contributed by atoms with Crippen LogP contribution in [0.3, 0.4) is 0 Å². The van der Waals surface area contributed by atoms with Crippen molar-refractivity contribution in [1.82, 2.24) is 0 Å². The molecule has 0 bridgehead atoms. The maximum absolute atomic E-state index is 8.89. The highest BCUT2D eigenvalue weighted by molar-refractivity contribution is 4.91. The lowest BCUT2D eigenvalue weighted by Gasteiger charge is -2.13. The van der Waals surface area contributed by atoms with Crippen molar-refractivity contribution in [3.8, 4) is 0 Å². The molecule has 0 amide bonds. The summed E-state index contributed by atoms with van der Waals surface area (Å²) in [4.78, 5) is 0. The first-order valence-corrected chi connectivity index (χ1v) is 2.18. The van der Waals surface area contributed by atoms with Crippen molar-refractivity contribution in [2.24, 2.45) is 5.73 Å². The predicted octanol–water partition coefficient (Wildman–Crippen LogP) is -0.118. The summed E-state index contributed by atoms with van der Waals surface area (Å²) in [5, 5.41) is 8.89. The van der Waals surface area contributed by atoms with Gasteiger partial charge >= 0.3 is 0 Å². The van der Waals surface area contributed by atoms with E-state index >= 15 is 0 Å². The van der Waals surface area contributed by atoms with Crippen LogP contribution in [0.5, 0.6) is 0 Å². The Kier molecular flexibility index (Phi) is 1.99. The second-order valence-corrected chi connectivity index (χ2v) is 1.77. The standard InChI is InChI=1S/C5H11NO/c1-3-5(2,7)4-6/h3,7H,1,4,6H2,2H3/t5-/m1/s1. The van der Waals surface area contributed by atoms with Crippen LogP contribution in [-0.4, -0.2) is 17.3 Å². The summed E-state index contributed by atoms with van der Waals surface area (Å²) in [6.07, 6.45) is 1.42. The van der Waals surface area contributed by atoms with Crippen LogP contribution in [0.1, 0.15) is 6.92 Å². The van der Waals surface area contributed by atoms with E-state index in [1.807, 2.05) is 0 Å². The van der Waals surface area contributed by atoms with E-state index in [1.165, 1.54) is 6.08 Å². The minimum Gasteiger partial charge on any atom is -0.385 e. The van der Waals surface area contributed by atoms with Crippen LogP contribution < -0.4 is 5.73 Å². The van der Waals surface area contributed by atoms with E-state index in [4.69, 9.17) is 10.8 Å². The Morgan fingerprint density at radius 3 is 2.43 bits per heavy atom. The highest BCUT2D eigenvalue weighted by Gasteiger charge is 2.09. The van der Waals surface area contributed by atoms with Crippen LogP contribution in [0.4, 0.5) is 0 Å². The Bertz CT molecular complexity index is 68.5. The van der Waals surface area contributed by atoms with Crippen LogP contribution in [0, 0.1) is 0 Å². The van der Waals surface area contributed by atoms with Crippen molar-refractivity contribution < 1.29 is 5.11 Å². The van der Waals surface area contributed by atoms with Crippen LogP contribution in [0.2, 0.25) is 0 Å². The van der Waals surface area contributed by atoms with Gasteiger partial charge in [0.1, 0.15) is 0 Å². The molecule has 0 heterocycles. The third-order valence-electron chi connectivity index (χ3n) is 0.853. The average Bonchev–Trinajstić information content (AvgIpc) is 1.68. The van der Waals surface area contributed by atoms with Crippen LogP contribution in [0.15, 0.2) is 12.7 Å². The van der Waals surface area contributed by atoms with Crippen LogP contribution >= 0.6 is 0 Å². The van der Waals surface area contributed by atoms with Crippen molar-refractivity contribution in [3.63, 3.8) is 0 Å². The van der Waals surface area contributed by atoms with Crippen molar-refractivity contribution >= 4 is 0 Å². The number of nitrogens with two attached hydrogens (primary N) is 1. The zero-order chi connectivity index (χ0) is 5.91. The molecule has 0 aromatic carbocycles. The smallest absolute Gasteiger partial charge is 0.0918 e. The Morgan fingerprint density at radius 2 is 2.43 bits per heavy atom. The van der Waals surface area contributed by atoms with Gasteiger partial charge in [-0.15, -0.1) is 6.58 Å². The average molecular weight is 101 g/mol. The third kappa shape index (κ3) is 2.37. The van der Waals surface area contributed by atoms with Gasteiger partial charge in [0.15, 0.2) is 0 Å². The van der Waals surface area contributed by atoms with Gasteiger partial charge in [-0.25, -0.2) is 0 Å². The minimum absolute atomic E-state index is 0.233. The second kappa shape index (κ2) is 2.09. The van der Waals surface area contributed by atoms with Gasteiger partial charge in [-0.05, 0) is 6.92 Å². The Morgan fingerprint density at radius 1 is 2.00 bits per heavy atom. The van der Waals surface area contributed by atoms with Crippen molar-refractivity contribution in [2.75, 3.05) is 6.54 Å². The summed E-state index contributed by atoms with van der Waals surface area (Å²) < 4.78 is 0. The summed E-state index contributed by atoms with van der Waals surface area (Å²) >= 11 is 0. The van der Waals surface area contributed by atoms with Crippen LogP contribution in [-0.2, 0) is 0 Å². The van der Waals surface area contributed by atoms with Gasteiger partial charge in [0, 0.05) is 6.54 Å². The molecule has 0 saturated heterocycles. The van der Waals surface area contributed by atoms with Gasteiger partial charge in [0.05, 0.1) is 5.60 Å².